The Labute approximate surface area is 185 Å². The third-order valence-corrected chi connectivity index (χ3v) is 5.51. The quantitative estimate of drug-likeness (QED) is 0.326. The van der Waals surface area contributed by atoms with Crippen molar-refractivity contribution in [2.75, 3.05) is 38.7 Å². The molecule has 172 valence electrons. The molecule has 0 radical (unpaired) electrons. The average molecular weight is 447 g/mol. The van der Waals surface area contributed by atoms with Crippen molar-refractivity contribution in [1.29, 1.82) is 10.8 Å². The van der Waals surface area contributed by atoms with Crippen LogP contribution < -0.4 is 16.0 Å². The third kappa shape index (κ3) is 5.13. The number of hydrogen-bond donors (Lipinski definition) is 5. The van der Waals surface area contributed by atoms with E-state index in [0.29, 0.717) is 31.8 Å². The Morgan fingerprint density at radius 2 is 2.12 bits per heavy atom. The molecule has 1 atom stereocenters. The van der Waals surface area contributed by atoms with Crippen molar-refractivity contribution >= 4 is 29.2 Å². The minimum atomic E-state index is -0.904. The van der Waals surface area contributed by atoms with E-state index in [1.54, 1.807) is 11.9 Å². The minimum Gasteiger partial charge on any atom is -0.393 e. The highest BCUT2D eigenvalue weighted by Crippen LogP contribution is 2.28. The van der Waals surface area contributed by atoms with Crippen molar-refractivity contribution in [3.63, 3.8) is 0 Å². The fourth-order valence-corrected chi connectivity index (χ4v) is 3.76. The fourth-order valence-electron chi connectivity index (χ4n) is 3.76. The van der Waals surface area contributed by atoms with E-state index in [0.717, 1.165) is 24.4 Å². The highest BCUT2D eigenvalue weighted by atomic mass is 19.1. The molecular formula is C22H28F2N6O2. The Bertz CT molecular complexity index is 969. The van der Waals surface area contributed by atoms with E-state index < -0.39 is 17.3 Å². The van der Waals surface area contributed by atoms with Crippen LogP contribution in [0.4, 0.5) is 14.5 Å². The summed E-state index contributed by atoms with van der Waals surface area (Å²) in [5, 5.41) is 24.7. The van der Waals surface area contributed by atoms with Crippen LogP contribution >= 0.6 is 0 Å². The summed E-state index contributed by atoms with van der Waals surface area (Å²) in [5.41, 5.74) is 1.01. The number of rotatable bonds is 7. The Morgan fingerprint density at radius 3 is 2.75 bits per heavy atom. The number of hydrogen-bond acceptors (Lipinski definition) is 6. The van der Waals surface area contributed by atoms with Crippen LogP contribution in [0.5, 0.6) is 0 Å². The van der Waals surface area contributed by atoms with Crippen LogP contribution in [0.1, 0.15) is 25.3 Å². The number of nitrogens with zero attached hydrogens (tertiary/aromatic N) is 1. The molecule has 1 aromatic rings. The van der Waals surface area contributed by atoms with Gasteiger partial charge in [0, 0.05) is 68.4 Å². The van der Waals surface area contributed by atoms with Crippen LogP contribution in [0.15, 0.2) is 29.6 Å². The number of halogens is 2. The van der Waals surface area contributed by atoms with Gasteiger partial charge < -0.3 is 31.0 Å². The molecule has 32 heavy (non-hydrogen) atoms. The predicted molar refractivity (Wildman–Crippen MR) is 120 cm³/mol. The fraction of sp³-hybridized carbons (Fsp3) is 0.409. The van der Waals surface area contributed by atoms with E-state index in [9.17, 15) is 9.18 Å². The molecule has 2 aliphatic rings. The number of carbonyl (C=O) groups is 1. The highest BCUT2D eigenvalue weighted by Gasteiger charge is 2.27. The van der Waals surface area contributed by atoms with Gasteiger partial charge >= 0.3 is 0 Å². The van der Waals surface area contributed by atoms with Crippen molar-refractivity contribution < 1.29 is 18.3 Å². The Hall–Kier alpha value is -3.27. The van der Waals surface area contributed by atoms with Crippen molar-refractivity contribution in [3.05, 3.63) is 46.8 Å². The zero-order chi connectivity index (χ0) is 23.3. The van der Waals surface area contributed by atoms with Gasteiger partial charge in [-0.25, -0.2) is 8.78 Å². The van der Waals surface area contributed by atoms with Gasteiger partial charge in [0.25, 0.3) is 0 Å². The lowest BCUT2D eigenvalue weighted by Crippen LogP contribution is -2.43. The molecule has 5 N–H and O–H groups in total. The van der Waals surface area contributed by atoms with Gasteiger partial charge in [0.1, 0.15) is 17.3 Å². The van der Waals surface area contributed by atoms with Crippen molar-refractivity contribution in [3.8, 4) is 0 Å². The van der Waals surface area contributed by atoms with Crippen molar-refractivity contribution in [1.82, 2.24) is 15.5 Å². The van der Waals surface area contributed by atoms with Gasteiger partial charge in [-0.3, -0.25) is 10.2 Å². The number of allylic oxidation sites excluding steroid dienone is 1. The summed E-state index contributed by atoms with van der Waals surface area (Å²) in [4.78, 5) is 13.5. The molecule has 0 unspecified atom stereocenters. The first-order valence-corrected chi connectivity index (χ1v) is 10.4. The molecule has 1 saturated heterocycles. The zero-order valence-electron chi connectivity index (χ0n) is 18.1. The number of benzene rings is 1. The van der Waals surface area contributed by atoms with Gasteiger partial charge in [0.05, 0.1) is 19.2 Å². The number of amidine groups is 1. The summed E-state index contributed by atoms with van der Waals surface area (Å²) in [6.45, 7) is 3.30. The number of amides is 1. The van der Waals surface area contributed by atoms with Crippen LogP contribution in [0.3, 0.4) is 0 Å². The highest BCUT2D eigenvalue weighted by molar-refractivity contribution is 6.10. The summed E-state index contributed by atoms with van der Waals surface area (Å²) in [5.74, 6) is -2.09. The summed E-state index contributed by atoms with van der Waals surface area (Å²) in [7, 11) is 1.61. The molecule has 2 aliphatic heterocycles. The van der Waals surface area contributed by atoms with Crippen LogP contribution in [0, 0.1) is 22.5 Å². The number of anilines is 1. The smallest absolute Gasteiger partial charge is 0.219 e. The molecular weight excluding hydrogens is 418 g/mol. The van der Waals surface area contributed by atoms with Crippen molar-refractivity contribution in [2.45, 2.75) is 25.8 Å². The molecule has 0 bridgehead atoms. The van der Waals surface area contributed by atoms with E-state index in [1.807, 2.05) is 0 Å². The largest absolute Gasteiger partial charge is 0.393 e. The lowest BCUT2D eigenvalue weighted by Gasteiger charge is -2.32. The second-order valence-electron chi connectivity index (χ2n) is 7.67. The first-order chi connectivity index (χ1) is 15.3. The maximum absolute atomic E-state index is 15.2. The van der Waals surface area contributed by atoms with Crippen LogP contribution in [-0.4, -0.2) is 62.3 Å². The average Bonchev–Trinajstić information content (AvgIpc) is 3.28. The number of nitrogens with one attached hydrogen (secondary N) is 5. The molecule has 0 aliphatic carbocycles. The van der Waals surface area contributed by atoms with Crippen LogP contribution in [0.2, 0.25) is 0 Å². The van der Waals surface area contributed by atoms with E-state index in [4.69, 9.17) is 15.6 Å². The second kappa shape index (κ2) is 10.4. The first-order valence-electron chi connectivity index (χ1n) is 10.4. The van der Waals surface area contributed by atoms with E-state index in [2.05, 4.69) is 16.0 Å². The lowest BCUT2D eigenvalue weighted by atomic mass is 10.0. The number of ether oxygens (including phenoxy) is 1. The number of carbonyl (C=O) groups excluding carboxylic acids is 1. The second-order valence-corrected chi connectivity index (χ2v) is 7.67. The summed E-state index contributed by atoms with van der Waals surface area (Å²) < 4.78 is 35.1. The van der Waals surface area contributed by atoms with Gasteiger partial charge in [-0.2, -0.15) is 0 Å². The van der Waals surface area contributed by atoms with Crippen molar-refractivity contribution in [2.24, 2.45) is 0 Å². The van der Waals surface area contributed by atoms with E-state index >= 15 is 4.39 Å². The van der Waals surface area contributed by atoms with Crippen LogP contribution in [0.25, 0.3) is 5.57 Å². The standard InChI is InChI=1S/C22H28F2N6O2/c1-13(31)30-7-5-19(28-15-6-8-32-12-15)17(11-30)22(26)29-21-18(23)4-3-16(20(21)24)14(9-25)10-27-2/h3-4,9-10,15,25,27-28H,5-8,11-12H2,1-2H3,(H2,26,29)/b14-10+,25-9?/t15-/m0/s1. The maximum Gasteiger partial charge on any atom is 0.219 e. The maximum atomic E-state index is 15.2. The van der Waals surface area contributed by atoms with Gasteiger partial charge in [0.15, 0.2) is 5.82 Å². The molecule has 10 heteroatoms. The topological polar surface area (TPSA) is 113 Å². The molecule has 0 saturated carbocycles. The molecule has 1 fully saturated rings. The Morgan fingerprint density at radius 1 is 1.34 bits per heavy atom. The van der Waals surface area contributed by atoms with Gasteiger partial charge in [0.2, 0.25) is 5.91 Å². The predicted octanol–water partition coefficient (Wildman–Crippen LogP) is 2.45. The SMILES string of the molecule is CN/C=C(\C=N)c1ccc(F)c(NC(=N)C2=C(N[C@H]3CCOC3)CCN(C(C)=O)C2)c1F. The lowest BCUT2D eigenvalue weighted by molar-refractivity contribution is -0.128. The molecule has 1 aromatic carbocycles. The van der Waals surface area contributed by atoms with E-state index in [1.165, 1.54) is 19.2 Å². The van der Waals surface area contributed by atoms with Gasteiger partial charge in [-0.1, -0.05) is 0 Å². The Kier molecular flexibility index (Phi) is 7.57. The monoisotopic (exact) mass is 446 g/mol. The van der Waals surface area contributed by atoms with Gasteiger partial charge in [-0.05, 0) is 18.6 Å². The summed E-state index contributed by atoms with van der Waals surface area (Å²) in [6, 6.07) is 2.43. The molecule has 0 spiro atoms. The Balaban J connectivity index is 1.93. The van der Waals surface area contributed by atoms with E-state index in [-0.39, 0.29) is 35.5 Å². The zero-order valence-corrected chi connectivity index (χ0v) is 18.1. The summed E-state index contributed by atoms with van der Waals surface area (Å²) >= 11 is 0. The summed E-state index contributed by atoms with van der Waals surface area (Å²) in [6.07, 6.45) is 3.72. The molecule has 8 nitrogen and oxygen atoms in total. The molecule has 1 amide bonds. The normalized spacial score (nSPS) is 19.1. The van der Waals surface area contributed by atoms with Crippen LogP contribution in [-0.2, 0) is 9.53 Å². The minimum absolute atomic E-state index is 0.0236. The molecule has 3 rings (SSSR count). The molecule has 2 heterocycles. The van der Waals surface area contributed by atoms with Gasteiger partial charge in [-0.15, -0.1) is 0 Å². The third-order valence-electron chi connectivity index (χ3n) is 5.51. The molecule has 0 aromatic heterocycles. The first kappa shape index (κ1) is 23.4.